The molecule has 9 heteroatoms. The van der Waals surface area contributed by atoms with Crippen molar-refractivity contribution in [2.45, 2.75) is 6.54 Å². The van der Waals surface area contributed by atoms with Gasteiger partial charge in [-0.3, -0.25) is 0 Å². The molecule has 24 heavy (non-hydrogen) atoms. The molecule has 0 spiro atoms. The van der Waals surface area contributed by atoms with E-state index in [0.717, 1.165) is 6.26 Å². The average Bonchev–Trinajstić information content (AvgIpc) is 2.49. The average molecular weight is 360 g/mol. The van der Waals surface area contributed by atoms with Crippen LogP contribution in [-0.4, -0.2) is 72.0 Å². The number of benzene rings is 1. The minimum atomic E-state index is -3.69. The van der Waals surface area contributed by atoms with E-state index < -0.39 is 10.1 Å². The van der Waals surface area contributed by atoms with Crippen molar-refractivity contribution in [1.29, 1.82) is 0 Å². The molecule has 0 aromatic heterocycles. The van der Waals surface area contributed by atoms with E-state index >= 15 is 0 Å². The van der Waals surface area contributed by atoms with E-state index in [1.165, 1.54) is 12.0 Å². The molecule has 0 atom stereocenters. The van der Waals surface area contributed by atoms with Crippen LogP contribution in [0.4, 0.5) is 4.79 Å². The first-order chi connectivity index (χ1) is 11.2. The molecule has 1 aromatic rings. The molecule has 0 saturated heterocycles. The zero-order chi connectivity index (χ0) is 18.3. The van der Waals surface area contributed by atoms with E-state index in [9.17, 15) is 13.2 Å². The van der Waals surface area contributed by atoms with E-state index in [4.69, 9.17) is 13.7 Å². The minimum Gasteiger partial charge on any atom is -0.493 e. The third-order valence-corrected chi connectivity index (χ3v) is 3.54. The molecule has 0 heterocycles. The number of methoxy groups -OCH3 is 2. The van der Waals surface area contributed by atoms with Crippen LogP contribution in [0.2, 0.25) is 0 Å². The number of hydrogen-bond donors (Lipinski definition) is 0. The highest BCUT2D eigenvalue weighted by molar-refractivity contribution is 7.86. The van der Waals surface area contributed by atoms with Crippen molar-refractivity contribution in [3.8, 4) is 11.5 Å². The number of hydrogen-bond acceptors (Lipinski definition) is 6. The summed E-state index contributed by atoms with van der Waals surface area (Å²) in [5, 5.41) is 0. The Morgan fingerprint density at radius 1 is 1.17 bits per heavy atom. The summed E-state index contributed by atoms with van der Waals surface area (Å²) >= 11 is 0. The van der Waals surface area contributed by atoms with Crippen LogP contribution in [0, 0.1) is 0 Å². The lowest BCUT2D eigenvalue weighted by atomic mass is 10.2. The molecule has 0 aliphatic heterocycles. The van der Waals surface area contributed by atoms with Gasteiger partial charge in [-0.2, -0.15) is 8.42 Å². The second kappa shape index (κ2) is 8.74. The van der Waals surface area contributed by atoms with Crippen molar-refractivity contribution in [3.63, 3.8) is 0 Å². The second-order valence-electron chi connectivity index (χ2n) is 5.36. The van der Waals surface area contributed by atoms with Gasteiger partial charge in [0.05, 0.1) is 20.0 Å². The zero-order valence-electron chi connectivity index (χ0n) is 14.6. The molecule has 0 aliphatic carbocycles. The fourth-order valence-corrected chi connectivity index (χ4v) is 2.45. The van der Waals surface area contributed by atoms with Crippen LogP contribution in [0.1, 0.15) is 5.56 Å². The highest BCUT2D eigenvalue weighted by Crippen LogP contribution is 2.29. The van der Waals surface area contributed by atoms with Crippen LogP contribution in [0.15, 0.2) is 18.2 Å². The number of nitrogens with zero attached hydrogens (tertiary/aromatic N) is 2. The van der Waals surface area contributed by atoms with Crippen molar-refractivity contribution >= 4 is 16.1 Å². The third kappa shape index (κ3) is 6.25. The van der Waals surface area contributed by atoms with Gasteiger partial charge in [-0.1, -0.05) is 6.07 Å². The van der Waals surface area contributed by atoms with Gasteiger partial charge in [0.2, 0.25) is 0 Å². The van der Waals surface area contributed by atoms with E-state index in [1.54, 1.807) is 44.3 Å². The summed E-state index contributed by atoms with van der Waals surface area (Å²) in [6.07, 6.45) is 0.958. The Kier molecular flexibility index (Phi) is 7.30. The highest BCUT2D eigenvalue weighted by atomic mass is 32.2. The van der Waals surface area contributed by atoms with Crippen LogP contribution in [0.5, 0.6) is 11.5 Å². The predicted molar refractivity (Wildman–Crippen MR) is 89.8 cm³/mol. The summed E-state index contributed by atoms with van der Waals surface area (Å²) in [4.78, 5) is 15.3. The Morgan fingerprint density at radius 2 is 1.83 bits per heavy atom. The van der Waals surface area contributed by atoms with Crippen LogP contribution in [0.3, 0.4) is 0 Å². The smallest absolute Gasteiger partial charge is 0.319 e. The Balaban J connectivity index is 3.06. The summed E-state index contributed by atoms with van der Waals surface area (Å²) in [5.74, 6) is 0.382. The highest BCUT2D eigenvalue weighted by Gasteiger charge is 2.18. The van der Waals surface area contributed by atoms with Gasteiger partial charge in [0.1, 0.15) is 0 Å². The molecule has 0 N–H and O–H groups in total. The Morgan fingerprint density at radius 3 is 2.33 bits per heavy atom. The normalized spacial score (nSPS) is 11.0. The van der Waals surface area contributed by atoms with Gasteiger partial charge >= 0.3 is 16.1 Å². The first-order valence-electron chi connectivity index (χ1n) is 7.19. The molecule has 0 aliphatic rings. The second-order valence-corrected chi connectivity index (χ2v) is 6.94. The van der Waals surface area contributed by atoms with E-state index in [0.29, 0.717) is 24.5 Å². The van der Waals surface area contributed by atoms with Gasteiger partial charge < -0.3 is 23.5 Å². The standard InChI is InChI=1S/C15H24N2O6S/c1-16(2)15(18)17(8-9-21-3)11-12-6-7-13(22-4)14(10-12)23-24(5,19)20/h6-7,10H,8-9,11H2,1-5H3. The minimum absolute atomic E-state index is 0.0847. The molecule has 0 radical (unpaired) electrons. The van der Waals surface area contributed by atoms with E-state index in [1.807, 2.05) is 0 Å². The molecule has 0 bridgehead atoms. The number of rotatable bonds is 8. The van der Waals surface area contributed by atoms with E-state index in [-0.39, 0.29) is 18.3 Å². The summed E-state index contributed by atoms with van der Waals surface area (Å²) in [5.41, 5.74) is 0.709. The summed E-state index contributed by atoms with van der Waals surface area (Å²) in [6.45, 7) is 1.08. The molecule has 2 amide bonds. The van der Waals surface area contributed by atoms with Gasteiger partial charge in [0.25, 0.3) is 0 Å². The monoisotopic (exact) mass is 360 g/mol. The quantitative estimate of drug-likeness (QED) is 0.647. The fourth-order valence-electron chi connectivity index (χ4n) is 1.99. The maximum Gasteiger partial charge on any atom is 0.319 e. The van der Waals surface area contributed by atoms with E-state index in [2.05, 4.69) is 0 Å². The van der Waals surface area contributed by atoms with Crippen LogP contribution in [0.25, 0.3) is 0 Å². The lowest BCUT2D eigenvalue weighted by Crippen LogP contribution is -2.40. The first kappa shape index (κ1) is 20.0. The molecule has 136 valence electrons. The van der Waals surface area contributed by atoms with Crippen LogP contribution in [-0.2, 0) is 21.4 Å². The molecule has 0 saturated carbocycles. The topological polar surface area (TPSA) is 85.4 Å². The van der Waals surface area contributed by atoms with Crippen molar-refractivity contribution in [2.75, 3.05) is 47.7 Å². The Labute approximate surface area is 143 Å². The first-order valence-corrected chi connectivity index (χ1v) is 9.01. The number of urea groups is 1. The van der Waals surface area contributed by atoms with Crippen LogP contribution < -0.4 is 8.92 Å². The maximum atomic E-state index is 12.2. The number of ether oxygens (including phenoxy) is 2. The van der Waals surface area contributed by atoms with Crippen LogP contribution >= 0.6 is 0 Å². The SMILES string of the molecule is COCCN(Cc1ccc(OC)c(OS(C)(=O)=O)c1)C(=O)N(C)C. The maximum absolute atomic E-state index is 12.2. The lowest BCUT2D eigenvalue weighted by molar-refractivity contribution is 0.132. The molecule has 1 aromatic carbocycles. The van der Waals surface area contributed by atoms with Crippen molar-refractivity contribution < 1.29 is 26.9 Å². The molecular formula is C15H24N2O6S. The van der Waals surface area contributed by atoms with Gasteiger partial charge in [-0.25, -0.2) is 4.79 Å². The van der Waals surface area contributed by atoms with Gasteiger partial charge in [-0.15, -0.1) is 0 Å². The number of carbonyl (C=O) groups is 1. The molecule has 0 unspecified atom stereocenters. The fraction of sp³-hybridized carbons (Fsp3) is 0.533. The Bertz CT molecular complexity index is 660. The summed E-state index contributed by atoms with van der Waals surface area (Å²) in [6, 6.07) is 4.72. The number of carbonyl (C=O) groups excluding carboxylic acids is 1. The molecular weight excluding hydrogens is 336 g/mol. The van der Waals surface area contributed by atoms with Gasteiger partial charge in [-0.05, 0) is 17.7 Å². The number of amides is 2. The molecule has 0 fully saturated rings. The van der Waals surface area contributed by atoms with Gasteiger partial charge in [0, 0.05) is 34.3 Å². The van der Waals surface area contributed by atoms with Crippen molar-refractivity contribution in [1.82, 2.24) is 9.80 Å². The third-order valence-electron chi connectivity index (χ3n) is 3.06. The zero-order valence-corrected chi connectivity index (χ0v) is 15.4. The van der Waals surface area contributed by atoms with Crippen molar-refractivity contribution in [2.24, 2.45) is 0 Å². The molecule has 8 nitrogen and oxygen atoms in total. The van der Waals surface area contributed by atoms with Crippen molar-refractivity contribution in [3.05, 3.63) is 23.8 Å². The Hall–Kier alpha value is -2.00. The lowest BCUT2D eigenvalue weighted by Gasteiger charge is -2.26. The largest absolute Gasteiger partial charge is 0.493 e. The van der Waals surface area contributed by atoms with Gasteiger partial charge in [0.15, 0.2) is 11.5 Å². The predicted octanol–water partition coefficient (Wildman–Crippen LogP) is 1.16. The summed E-state index contributed by atoms with van der Waals surface area (Å²) < 4.78 is 37.8. The molecule has 1 rings (SSSR count). The summed E-state index contributed by atoms with van der Waals surface area (Å²) in [7, 11) is 2.61.